The van der Waals surface area contributed by atoms with Crippen LogP contribution in [0.5, 0.6) is 0 Å². The average Bonchev–Trinajstić information content (AvgIpc) is 3.43. The zero-order valence-electron chi connectivity index (χ0n) is 26.2. The van der Waals surface area contributed by atoms with E-state index in [1.807, 2.05) is 24.3 Å². The molecule has 3 aromatic rings. The van der Waals surface area contributed by atoms with Crippen molar-refractivity contribution in [3.8, 4) is 0 Å². The Morgan fingerprint density at radius 3 is 1.85 bits per heavy atom. The lowest BCUT2D eigenvalue weighted by Crippen LogP contribution is -2.32. The van der Waals surface area contributed by atoms with Gasteiger partial charge in [-0.25, -0.2) is 4.98 Å². The third kappa shape index (κ3) is 9.55. The van der Waals surface area contributed by atoms with Crippen molar-refractivity contribution in [2.75, 3.05) is 49.9 Å². The summed E-state index contributed by atoms with van der Waals surface area (Å²) in [5.74, 6) is 0.681. The Kier molecular flexibility index (Phi) is 14.5. The first kappa shape index (κ1) is 37.5. The topological polar surface area (TPSA) is 99.6 Å². The van der Waals surface area contributed by atoms with Crippen LogP contribution in [0.3, 0.4) is 0 Å². The van der Waals surface area contributed by atoms with E-state index in [0.717, 1.165) is 56.1 Å². The Bertz CT molecular complexity index is 1560. The molecule has 3 aliphatic heterocycles. The molecule has 2 saturated heterocycles. The van der Waals surface area contributed by atoms with E-state index in [1.54, 1.807) is 22.8 Å². The molecule has 1 aromatic heterocycles. The number of fused-ring (bicyclic) bond motifs is 2. The molecule has 12 heteroatoms. The molecule has 0 unspecified atom stereocenters. The maximum Gasteiger partial charge on any atom is 0.261 e. The summed E-state index contributed by atoms with van der Waals surface area (Å²) in [6.07, 6.45) is 11.2. The molecular formula is C34H45Cl3N6O3. The summed E-state index contributed by atoms with van der Waals surface area (Å²) < 4.78 is 1.74. The lowest BCUT2D eigenvalue weighted by molar-refractivity contribution is -0.117. The van der Waals surface area contributed by atoms with Gasteiger partial charge < -0.3 is 20.4 Å². The molecule has 2 fully saturated rings. The predicted octanol–water partition coefficient (Wildman–Crippen LogP) is 6.24. The standard InChI is InChI=1S/C34H42N6O3.3ClH/c41-31(14-20-38-16-3-1-4-17-38)35-27-9-7-25(8-10-27)23-26-13-22-40-33(26)37-30-24-28(11-12-29(30)34(40)43)36-32(42)15-21-39-18-5-2-6-19-39;;;/h7-12,23-24H,1-6,13-22H2,(H,35,41)(H,36,42);3*1H/b26-23+;;;. The minimum absolute atomic E-state index is 0. The van der Waals surface area contributed by atoms with Crippen molar-refractivity contribution in [1.29, 1.82) is 0 Å². The van der Waals surface area contributed by atoms with Crippen LogP contribution in [0.2, 0.25) is 0 Å². The summed E-state index contributed by atoms with van der Waals surface area (Å²) in [6, 6.07) is 13.1. The Hall–Kier alpha value is -2.95. The maximum atomic E-state index is 13.3. The highest BCUT2D eigenvalue weighted by molar-refractivity contribution is 5.94. The first-order valence-electron chi connectivity index (χ1n) is 15.9. The van der Waals surface area contributed by atoms with Gasteiger partial charge in [0, 0.05) is 43.9 Å². The van der Waals surface area contributed by atoms with Crippen molar-refractivity contribution in [3.05, 3.63) is 64.2 Å². The molecule has 0 aliphatic carbocycles. The highest BCUT2D eigenvalue weighted by atomic mass is 35.5. The van der Waals surface area contributed by atoms with Crippen LogP contribution in [0.4, 0.5) is 11.4 Å². The second-order valence-electron chi connectivity index (χ2n) is 12.1. The summed E-state index contributed by atoms with van der Waals surface area (Å²) in [5.41, 5.74) is 3.94. The van der Waals surface area contributed by atoms with E-state index in [-0.39, 0.29) is 54.6 Å². The summed E-state index contributed by atoms with van der Waals surface area (Å²) in [7, 11) is 0. The summed E-state index contributed by atoms with van der Waals surface area (Å²) in [4.78, 5) is 48.0. The van der Waals surface area contributed by atoms with Crippen LogP contribution in [-0.2, 0) is 16.1 Å². The third-order valence-corrected chi connectivity index (χ3v) is 8.87. The predicted molar refractivity (Wildman–Crippen MR) is 194 cm³/mol. The van der Waals surface area contributed by atoms with E-state index in [4.69, 9.17) is 4.98 Å². The molecule has 46 heavy (non-hydrogen) atoms. The SMILES string of the molecule is Cl.Cl.Cl.O=C(CCN1CCCCC1)Nc1ccc(/C=C2\CCn3c2nc2cc(NC(=O)CCN4CCCCC4)ccc2c3=O)cc1. The number of piperidine rings is 2. The maximum absolute atomic E-state index is 13.3. The molecule has 0 bridgehead atoms. The Balaban J connectivity index is 0.00000192. The number of likely N-dealkylation sites (tertiary alicyclic amines) is 2. The highest BCUT2D eigenvalue weighted by Gasteiger charge is 2.21. The molecular weight excluding hydrogens is 647 g/mol. The number of amides is 2. The van der Waals surface area contributed by atoms with E-state index in [0.29, 0.717) is 48.2 Å². The van der Waals surface area contributed by atoms with Crippen LogP contribution in [0.25, 0.3) is 22.6 Å². The van der Waals surface area contributed by atoms with Crippen LogP contribution in [0, 0.1) is 0 Å². The molecule has 0 spiro atoms. The number of nitrogens with zero attached hydrogens (tertiary/aromatic N) is 4. The number of carbonyl (C=O) groups excluding carboxylic acids is 2. The number of hydrogen-bond acceptors (Lipinski definition) is 6. The fraction of sp³-hybridized carbons (Fsp3) is 0.471. The van der Waals surface area contributed by atoms with Gasteiger partial charge in [0.2, 0.25) is 11.8 Å². The molecule has 3 aliphatic rings. The van der Waals surface area contributed by atoms with Crippen LogP contribution in [0.1, 0.15) is 69.2 Å². The number of hydrogen-bond donors (Lipinski definition) is 2. The van der Waals surface area contributed by atoms with Crippen molar-refractivity contribution in [3.63, 3.8) is 0 Å². The molecule has 250 valence electrons. The first-order chi connectivity index (χ1) is 21.0. The van der Waals surface area contributed by atoms with E-state index >= 15 is 0 Å². The van der Waals surface area contributed by atoms with Gasteiger partial charge in [0.15, 0.2) is 0 Å². The van der Waals surface area contributed by atoms with Gasteiger partial charge in [0.1, 0.15) is 5.82 Å². The Morgan fingerprint density at radius 1 is 0.717 bits per heavy atom. The van der Waals surface area contributed by atoms with Crippen molar-refractivity contribution in [2.45, 2.75) is 64.3 Å². The minimum Gasteiger partial charge on any atom is -0.326 e. The number of nitrogens with one attached hydrogen (secondary N) is 2. The number of benzene rings is 2. The summed E-state index contributed by atoms with van der Waals surface area (Å²) in [5, 5.41) is 6.56. The number of allylic oxidation sites excluding steroid dienone is 1. The smallest absolute Gasteiger partial charge is 0.261 e. The number of aromatic nitrogens is 2. The van der Waals surface area contributed by atoms with Gasteiger partial charge in [-0.3, -0.25) is 19.0 Å². The van der Waals surface area contributed by atoms with Gasteiger partial charge >= 0.3 is 0 Å². The second-order valence-corrected chi connectivity index (χ2v) is 12.1. The van der Waals surface area contributed by atoms with E-state index in [9.17, 15) is 14.4 Å². The minimum atomic E-state index is -0.0611. The zero-order valence-corrected chi connectivity index (χ0v) is 28.6. The molecule has 4 heterocycles. The fourth-order valence-corrected chi connectivity index (χ4v) is 6.43. The molecule has 2 amide bonds. The molecule has 0 radical (unpaired) electrons. The Labute approximate surface area is 289 Å². The highest BCUT2D eigenvalue weighted by Crippen LogP contribution is 2.28. The fourth-order valence-electron chi connectivity index (χ4n) is 6.43. The van der Waals surface area contributed by atoms with Gasteiger partial charge in [-0.15, -0.1) is 37.2 Å². The van der Waals surface area contributed by atoms with Gasteiger partial charge in [0.05, 0.1) is 10.9 Å². The zero-order chi connectivity index (χ0) is 29.6. The van der Waals surface area contributed by atoms with Crippen molar-refractivity contribution in [1.82, 2.24) is 19.4 Å². The Morgan fingerprint density at radius 2 is 1.26 bits per heavy atom. The quantitative estimate of drug-likeness (QED) is 0.276. The molecule has 9 nitrogen and oxygen atoms in total. The molecule has 6 rings (SSSR count). The van der Waals surface area contributed by atoms with Crippen LogP contribution < -0.4 is 16.2 Å². The normalized spacial score (nSPS) is 17.3. The molecule has 0 saturated carbocycles. The van der Waals surface area contributed by atoms with E-state index in [2.05, 4.69) is 26.5 Å². The monoisotopic (exact) mass is 690 g/mol. The number of rotatable bonds is 9. The van der Waals surface area contributed by atoms with Crippen molar-refractivity contribution >= 4 is 83.0 Å². The summed E-state index contributed by atoms with van der Waals surface area (Å²) in [6.45, 7) is 6.48. The molecule has 2 aromatic carbocycles. The number of anilines is 2. The van der Waals surface area contributed by atoms with Crippen LogP contribution >= 0.6 is 37.2 Å². The van der Waals surface area contributed by atoms with Crippen molar-refractivity contribution in [2.24, 2.45) is 0 Å². The summed E-state index contributed by atoms with van der Waals surface area (Å²) >= 11 is 0. The first-order valence-corrected chi connectivity index (χ1v) is 15.9. The van der Waals surface area contributed by atoms with Gasteiger partial charge in [-0.1, -0.05) is 25.0 Å². The van der Waals surface area contributed by atoms with E-state index < -0.39 is 0 Å². The third-order valence-electron chi connectivity index (χ3n) is 8.87. The largest absolute Gasteiger partial charge is 0.326 e. The number of halogens is 3. The van der Waals surface area contributed by atoms with E-state index in [1.165, 1.54) is 38.5 Å². The van der Waals surface area contributed by atoms with Crippen LogP contribution in [0.15, 0.2) is 47.3 Å². The van der Waals surface area contributed by atoms with Crippen molar-refractivity contribution < 1.29 is 9.59 Å². The van der Waals surface area contributed by atoms with Gasteiger partial charge in [-0.2, -0.15) is 0 Å². The van der Waals surface area contributed by atoms with Gasteiger partial charge in [-0.05, 0) is 106 Å². The number of carbonyl (C=O) groups is 2. The lowest BCUT2D eigenvalue weighted by atomic mass is 10.1. The van der Waals surface area contributed by atoms with Crippen LogP contribution in [-0.4, -0.2) is 70.4 Å². The second kappa shape index (κ2) is 17.8. The lowest BCUT2D eigenvalue weighted by Gasteiger charge is -2.25. The average molecular weight is 692 g/mol. The molecule has 0 atom stereocenters. The van der Waals surface area contributed by atoms with Gasteiger partial charge in [0.25, 0.3) is 5.56 Å². The molecule has 2 N–H and O–H groups in total.